The molecule has 1 amide bonds. The first-order valence-corrected chi connectivity index (χ1v) is 15.5. The molecule has 4 aromatic rings. The predicted molar refractivity (Wildman–Crippen MR) is 174 cm³/mol. The molecule has 1 saturated heterocycles. The number of hydrogen-bond acceptors (Lipinski definition) is 5. The summed E-state index contributed by atoms with van der Waals surface area (Å²) < 4.78 is 18.9. The molecule has 0 N–H and O–H groups in total. The molecule has 3 aliphatic rings. The van der Waals surface area contributed by atoms with Crippen molar-refractivity contribution >= 4 is 6.09 Å². The highest BCUT2D eigenvalue weighted by atomic mass is 16.6. The highest BCUT2D eigenvalue weighted by Crippen LogP contribution is 2.40. The molecule has 2 atom stereocenters. The number of nitrogens with zero attached hydrogens (tertiary/aromatic N) is 2. The number of benzene rings is 4. The van der Waals surface area contributed by atoms with Gasteiger partial charge in [-0.05, 0) is 87.2 Å². The van der Waals surface area contributed by atoms with Crippen molar-refractivity contribution < 1.29 is 19.0 Å². The molecule has 6 bridgehead atoms. The third-order valence-corrected chi connectivity index (χ3v) is 8.39. The molecule has 0 unspecified atom stereocenters. The van der Waals surface area contributed by atoms with E-state index in [0.29, 0.717) is 26.2 Å². The van der Waals surface area contributed by atoms with Gasteiger partial charge in [0.2, 0.25) is 0 Å². The first kappa shape index (κ1) is 29.8. The minimum absolute atomic E-state index is 0.0124. The van der Waals surface area contributed by atoms with Crippen molar-refractivity contribution in [3.8, 4) is 22.6 Å². The largest absolute Gasteiger partial charge is 0.488 e. The standard InChI is InChI=1S/C38H42N2O4/c1-38(2,3)44-37(41)40-24-31-19-29-15-17-35(42-25-27-11-7-5-8-12-27)33(21-29)34-22-30(20-32(40)23-39(31)4)16-18-36(34)43-26-28-13-9-6-10-14-28/h5-18,21-22,31-32H,19-20,23-26H2,1-4H3/t31-,32-/m0/s1. The van der Waals surface area contributed by atoms with Crippen LogP contribution >= 0.6 is 0 Å². The summed E-state index contributed by atoms with van der Waals surface area (Å²) in [5, 5.41) is 0. The van der Waals surface area contributed by atoms with Crippen LogP contribution in [0, 0.1) is 0 Å². The average molecular weight is 591 g/mol. The van der Waals surface area contributed by atoms with E-state index in [9.17, 15) is 4.79 Å². The molecule has 0 radical (unpaired) electrons. The van der Waals surface area contributed by atoms with Gasteiger partial charge in [-0.15, -0.1) is 0 Å². The van der Waals surface area contributed by atoms with Crippen LogP contribution in [-0.4, -0.2) is 53.7 Å². The summed E-state index contributed by atoms with van der Waals surface area (Å²) in [5.41, 5.74) is 6.01. The van der Waals surface area contributed by atoms with Crippen LogP contribution in [0.4, 0.5) is 4.79 Å². The molecule has 6 nitrogen and oxygen atoms in total. The van der Waals surface area contributed by atoms with Crippen LogP contribution in [0.25, 0.3) is 11.1 Å². The zero-order valence-corrected chi connectivity index (χ0v) is 26.2. The van der Waals surface area contributed by atoms with Gasteiger partial charge in [-0.2, -0.15) is 0 Å². The summed E-state index contributed by atoms with van der Waals surface area (Å²) in [7, 11) is 2.17. The van der Waals surface area contributed by atoms with E-state index in [4.69, 9.17) is 14.2 Å². The molecule has 4 aromatic carbocycles. The molecule has 3 heterocycles. The Balaban J connectivity index is 1.40. The summed E-state index contributed by atoms with van der Waals surface area (Å²) in [6, 6.07) is 33.5. The average Bonchev–Trinajstić information content (AvgIpc) is 3.00. The van der Waals surface area contributed by atoms with E-state index in [1.165, 1.54) is 5.56 Å². The number of likely N-dealkylation sites (N-methyl/N-ethyl adjacent to an activating group) is 1. The van der Waals surface area contributed by atoms with E-state index < -0.39 is 5.60 Å². The van der Waals surface area contributed by atoms with Crippen LogP contribution in [0.3, 0.4) is 0 Å². The third-order valence-electron chi connectivity index (χ3n) is 8.39. The number of piperazine rings is 1. The summed E-state index contributed by atoms with van der Waals surface area (Å²) >= 11 is 0. The smallest absolute Gasteiger partial charge is 0.410 e. The summed E-state index contributed by atoms with van der Waals surface area (Å²) in [4.78, 5) is 17.8. The lowest BCUT2D eigenvalue weighted by Gasteiger charge is -2.45. The summed E-state index contributed by atoms with van der Waals surface area (Å²) in [5.74, 6) is 1.63. The number of carbonyl (C=O) groups is 1. The van der Waals surface area contributed by atoms with E-state index in [0.717, 1.165) is 52.3 Å². The van der Waals surface area contributed by atoms with Gasteiger partial charge in [0.25, 0.3) is 0 Å². The van der Waals surface area contributed by atoms with Crippen LogP contribution < -0.4 is 9.47 Å². The van der Waals surface area contributed by atoms with E-state index >= 15 is 0 Å². The molecule has 7 rings (SSSR count). The van der Waals surface area contributed by atoms with Crippen molar-refractivity contribution in [2.75, 3.05) is 20.1 Å². The maximum Gasteiger partial charge on any atom is 0.410 e. The zero-order valence-electron chi connectivity index (χ0n) is 26.2. The van der Waals surface area contributed by atoms with Crippen LogP contribution in [0.1, 0.15) is 43.0 Å². The molecule has 0 spiro atoms. The molecular formula is C38H42N2O4. The third kappa shape index (κ3) is 7.08. The first-order valence-electron chi connectivity index (χ1n) is 15.5. The van der Waals surface area contributed by atoms with Crippen molar-refractivity contribution in [2.24, 2.45) is 0 Å². The second-order valence-electron chi connectivity index (χ2n) is 13.0. The molecule has 1 fully saturated rings. The maximum absolute atomic E-state index is 13.5. The highest BCUT2D eigenvalue weighted by molar-refractivity contribution is 5.77. The summed E-state index contributed by atoms with van der Waals surface area (Å²) in [6.45, 7) is 8.11. The van der Waals surface area contributed by atoms with Gasteiger partial charge in [-0.3, -0.25) is 4.90 Å². The second kappa shape index (κ2) is 12.7. The second-order valence-corrected chi connectivity index (χ2v) is 13.0. The van der Waals surface area contributed by atoms with E-state index in [2.05, 4.69) is 72.6 Å². The molecule has 3 aliphatic heterocycles. The Hall–Kier alpha value is -4.29. The predicted octanol–water partition coefficient (Wildman–Crippen LogP) is 7.53. The van der Waals surface area contributed by atoms with Gasteiger partial charge in [-0.25, -0.2) is 4.79 Å². The van der Waals surface area contributed by atoms with Crippen LogP contribution in [0.5, 0.6) is 11.5 Å². The monoisotopic (exact) mass is 590 g/mol. The Morgan fingerprint density at radius 2 is 1.20 bits per heavy atom. The Kier molecular flexibility index (Phi) is 8.62. The molecule has 228 valence electrons. The fraction of sp³-hybridized carbons (Fsp3) is 0.342. The molecule has 6 heteroatoms. The first-order chi connectivity index (χ1) is 21.2. The van der Waals surface area contributed by atoms with E-state index in [1.54, 1.807) is 0 Å². The van der Waals surface area contributed by atoms with Gasteiger partial charge in [0.05, 0.1) is 6.04 Å². The lowest BCUT2D eigenvalue weighted by atomic mass is 9.91. The number of carbonyl (C=O) groups excluding carboxylic acids is 1. The number of rotatable bonds is 6. The van der Waals surface area contributed by atoms with Gasteiger partial charge in [-0.1, -0.05) is 72.8 Å². The zero-order chi connectivity index (χ0) is 30.7. The molecule has 0 saturated carbocycles. The van der Waals surface area contributed by atoms with Crippen LogP contribution in [0.15, 0.2) is 97.1 Å². The number of hydrogen-bond donors (Lipinski definition) is 0. The Labute approximate surface area is 261 Å². The Bertz CT molecular complexity index is 1580. The van der Waals surface area contributed by atoms with Crippen molar-refractivity contribution in [1.29, 1.82) is 0 Å². The van der Waals surface area contributed by atoms with Crippen molar-refractivity contribution in [2.45, 2.75) is 64.5 Å². The van der Waals surface area contributed by atoms with Gasteiger partial charge in [0.15, 0.2) is 0 Å². The molecule has 0 aliphatic carbocycles. The summed E-state index contributed by atoms with van der Waals surface area (Å²) in [6.07, 6.45) is 1.27. The van der Waals surface area contributed by atoms with Gasteiger partial charge < -0.3 is 19.1 Å². The maximum atomic E-state index is 13.5. The van der Waals surface area contributed by atoms with Crippen LogP contribution in [0.2, 0.25) is 0 Å². The van der Waals surface area contributed by atoms with E-state index in [1.807, 2.05) is 62.1 Å². The molecule has 0 aromatic heterocycles. The SMILES string of the molecule is CN1C[C@@H]2Cc3ccc(OCc4ccccc4)c(c3)-c3cc(ccc3OCc3ccccc3)C[C@H]1CN2C(=O)OC(C)(C)C. The van der Waals surface area contributed by atoms with Gasteiger partial charge in [0.1, 0.15) is 30.3 Å². The van der Waals surface area contributed by atoms with Crippen LogP contribution in [-0.2, 0) is 30.8 Å². The van der Waals surface area contributed by atoms with Crippen molar-refractivity contribution in [3.05, 3.63) is 119 Å². The molecule has 44 heavy (non-hydrogen) atoms. The lowest BCUT2D eigenvalue weighted by molar-refractivity contribution is -0.0107. The number of fused-ring (bicyclic) bond motifs is 2. The molecular weight excluding hydrogens is 548 g/mol. The Morgan fingerprint density at radius 1 is 0.705 bits per heavy atom. The van der Waals surface area contributed by atoms with Gasteiger partial charge >= 0.3 is 6.09 Å². The number of amides is 1. The fourth-order valence-corrected chi connectivity index (χ4v) is 6.13. The lowest BCUT2D eigenvalue weighted by Crippen LogP contribution is -2.60. The topological polar surface area (TPSA) is 51.2 Å². The fourth-order valence-electron chi connectivity index (χ4n) is 6.13. The highest BCUT2D eigenvalue weighted by Gasteiger charge is 2.37. The minimum Gasteiger partial charge on any atom is -0.488 e. The Morgan fingerprint density at radius 3 is 1.70 bits per heavy atom. The number of ether oxygens (including phenoxy) is 3. The van der Waals surface area contributed by atoms with E-state index in [-0.39, 0.29) is 18.2 Å². The van der Waals surface area contributed by atoms with Gasteiger partial charge in [0, 0.05) is 30.3 Å². The minimum atomic E-state index is -0.554. The normalized spacial score (nSPS) is 18.2. The van der Waals surface area contributed by atoms with Crippen molar-refractivity contribution in [1.82, 2.24) is 9.80 Å². The van der Waals surface area contributed by atoms with Crippen molar-refractivity contribution in [3.63, 3.8) is 0 Å². The quantitative estimate of drug-likeness (QED) is 0.232.